The summed E-state index contributed by atoms with van der Waals surface area (Å²) in [6.45, 7) is 3.37. The van der Waals surface area contributed by atoms with Crippen molar-refractivity contribution in [2.45, 2.75) is 44.4 Å². The van der Waals surface area contributed by atoms with Crippen molar-refractivity contribution in [3.05, 3.63) is 22.9 Å². The lowest BCUT2D eigenvalue weighted by Crippen LogP contribution is -2.32. The standard InChI is InChI=1S/C13H21N3O2/c17-13-15(7-8-16(13)11-3-4-11)6-5-14-10-12-2-1-9-18-12/h7-8,11-12,14H,1-6,9-10H2. The van der Waals surface area contributed by atoms with Crippen LogP contribution in [0.4, 0.5) is 0 Å². The van der Waals surface area contributed by atoms with Crippen molar-refractivity contribution in [3.63, 3.8) is 0 Å². The van der Waals surface area contributed by atoms with Crippen molar-refractivity contribution in [2.75, 3.05) is 19.7 Å². The van der Waals surface area contributed by atoms with Crippen LogP contribution in [0.25, 0.3) is 0 Å². The first-order valence-electron chi connectivity index (χ1n) is 6.94. The van der Waals surface area contributed by atoms with Crippen molar-refractivity contribution in [3.8, 4) is 0 Å². The highest BCUT2D eigenvalue weighted by Gasteiger charge is 2.25. The lowest BCUT2D eigenvalue weighted by atomic mass is 10.2. The molecule has 1 aromatic heterocycles. The molecule has 100 valence electrons. The van der Waals surface area contributed by atoms with Crippen LogP contribution in [0.5, 0.6) is 0 Å². The molecule has 2 heterocycles. The third-order valence-corrected chi connectivity index (χ3v) is 3.74. The number of aromatic nitrogens is 2. The van der Waals surface area contributed by atoms with E-state index in [2.05, 4.69) is 5.32 Å². The summed E-state index contributed by atoms with van der Waals surface area (Å²) in [5, 5.41) is 3.36. The van der Waals surface area contributed by atoms with E-state index in [1.54, 1.807) is 4.57 Å². The average molecular weight is 251 g/mol. The normalized spacial score (nSPS) is 23.7. The fourth-order valence-electron chi connectivity index (χ4n) is 2.50. The predicted octanol–water partition coefficient (Wildman–Crippen LogP) is 0.753. The second-order valence-electron chi connectivity index (χ2n) is 5.25. The molecule has 3 rings (SSSR count). The van der Waals surface area contributed by atoms with Crippen molar-refractivity contribution in [1.82, 2.24) is 14.5 Å². The van der Waals surface area contributed by atoms with Gasteiger partial charge in [-0.3, -0.25) is 9.13 Å². The molecule has 1 aliphatic carbocycles. The number of imidazole rings is 1. The number of hydrogen-bond donors (Lipinski definition) is 1. The van der Waals surface area contributed by atoms with Gasteiger partial charge >= 0.3 is 5.69 Å². The quantitative estimate of drug-likeness (QED) is 0.759. The summed E-state index contributed by atoms with van der Waals surface area (Å²) >= 11 is 0. The van der Waals surface area contributed by atoms with Crippen LogP contribution in [0.15, 0.2) is 17.2 Å². The van der Waals surface area contributed by atoms with E-state index >= 15 is 0 Å². The van der Waals surface area contributed by atoms with E-state index in [4.69, 9.17) is 4.74 Å². The molecule has 1 saturated heterocycles. The van der Waals surface area contributed by atoms with Gasteiger partial charge in [-0.15, -0.1) is 0 Å². The maximum Gasteiger partial charge on any atom is 0.328 e. The summed E-state index contributed by atoms with van der Waals surface area (Å²) in [5.41, 5.74) is 0.136. The molecule has 1 unspecified atom stereocenters. The van der Waals surface area contributed by atoms with Gasteiger partial charge in [0.15, 0.2) is 0 Å². The monoisotopic (exact) mass is 251 g/mol. The molecule has 1 atom stereocenters. The van der Waals surface area contributed by atoms with Crippen molar-refractivity contribution < 1.29 is 4.74 Å². The second-order valence-corrected chi connectivity index (χ2v) is 5.25. The summed E-state index contributed by atoms with van der Waals surface area (Å²) in [6, 6.07) is 0.471. The molecule has 18 heavy (non-hydrogen) atoms. The van der Waals surface area contributed by atoms with Gasteiger partial charge in [-0.25, -0.2) is 4.79 Å². The number of hydrogen-bond acceptors (Lipinski definition) is 3. The molecule has 1 aromatic rings. The number of nitrogens with zero attached hydrogens (tertiary/aromatic N) is 2. The zero-order valence-electron chi connectivity index (χ0n) is 10.7. The minimum absolute atomic E-state index is 0.136. The van der Waals surface area contributed by atoms with Crippen molar-refractivity contribution >= 4 is 0 Å². The van der Waals surface area contributed by atoms with E-state index in [1.807, 2.05) is 17.0 Å². The van der Waals surface area contributed by atoms with Crippen LogP contribution < -0.4 is 11.0 Å². The van der Waals surface area contributed by atoms with Crippen LogP contribution >= 0.6 is 0 Å². The summed E-state index contributed by atoms with van der Waals surface area (Å²) in [4.78, 5) is 12.0. The predicted molar refractivity (Wildman–Crippen MR) is 68.8 cm³/mol. The van der Waals surface area contributed by atoms with Crippen LogP contribution in [-0.4, -0.2) is 34.9 Å². The highest BCUT2D eigenvalue weighted by atomic mass is 16.5. The van der Waals surface area contributed by atoms with Crippen LogP contribution in [0.3, 0.4) is 0 Å². The maximum absolute atomic E-state index is 12.0. The topological polar surface area (TPSA) is 48.2 Å². The molecule has 0 bridgehead atoms. The second kappa shape index (κ2) is 5.28. The van der Waals surface area contributed by atoms with Gasteiger partial charge in [-0.1, -0.05) is 0 Å². The van der Waals surface area contributed by atoms with Gasteiger partial charge in [0.2, 0.25) is 0 Å². The van der Waals surface area contributed by atoms with Crippen LogP contribution in [0.1, 0.15) is 31.7 Å². The Morgan fingerprint density at radius 2 is 2.22 bits per heavy atom. The highest BCUT2D eigenvalue weighted by molar-refractivity contribution is 4.91. The summed E-state index contributed by atoms with van der Waals surface area (Å²) in [7, 11) is 0. The largest absolute Gasteiger partial charge is 0.377 e. The van der Waals surface area contributed by atoms with Crippen LogP contribution in [0.2, 0.25) is 0 Å². The molecule has 0 aromatic carbocycles. The van der Waals surface area contributed by atoms with Gasteiger partial charge in [-0.2, -0.15) is 0 Å². The van der Waals surface area contributed by atoms with Gasteiger partial charge in [0.1, 0.15) is 0 Å². The van der Waals surface area contributed by atoms with E-state index in [0.717, 1.165) is 45.5 Å². The molecular formula is C13H21N3O2. The van der Waals surface area contributed by atoms with Gasteiger partial charge in [-0.05, 0) is 25.7 Å². The van der Waals surface area contributed by atoms with Gasteiger partial charge in [0, 0.05) is 44.7 Å². The van der Waals surface area contributed by atoms with Gasteiger partial charge in [0.05, 0.1) is 6.10 Å². The molecule has 1 saturated carbocycles. The number of ether oxygens (including phenoxy) is 1. The van der Waals surface area contributed by atoms with Crippen LogP contribution in [0, 0.1) is 0 Å². The van der Waals surface area contributed by atoms with E-state index in [-0.39, 0.29) is 5.69 Å². The Hall–Kier alpha value is -1.07. The fourth-order valence-corrected chi connectivity index (χ4v) is 2.50. The minimum atomic E-state index is 0.136. The molecule has 0 radical (unpaired) electrons. The minimum Gasteiger partial charge on any atom is -0.377 e. The Balaban J connectivity index is 1.43. The molecule has 2 fully saturated rings. The first-order chi connectivity index (χ1) is 8.84. The zero-order valence-corrected chi connectivity index (χ0v) is 10.7. The SMILES string of the molecule is O=c1n(CCNCC2CCCO2)ccn1C1CC1. The van der Waals surface area contributed by atoms with Crippen molar-refractivity contribution in [2.24, 2.45) is 0 Å². The smallest absolute Gasteiger partial charge is 0.328 e. The van der Waals surface area contributed by atoms with E-state index < -0.39 is 0 Å². The highest BCUT2D eigenvalue weighted by Crippen LogP contribution is 2.33. The molecule has 5 heteroatoms. The molecule has 0 amide bonds. The lowest BCUT2D eigenvalue weighted by molar-refractivity contribution is 0.110. The zero-order chi connectivity index (χ0) is 12.4. The maximum atomic E-state index is 12.0. The Morgan fingerprint density at radius 1 is 1.33 bits per heavy atom. The lowest BCUT2D eigenvalue weighted by Gasteiger charge is -2.10. The number of nitrogens with one attached hydrogen (secondary N) is 1. The summed E-state index contributed by atoms with van der Waals surface area (Å²) in [5.74, 6) is 0. The molecular weight excluding hydrogens is 230 g/mol. The average Bonchev–Trinajstić information content (AvgIpc) is 2.95. The molecule has 1 aliphatic heterocycles. The fraction of sp³-hybridized carbons (Fsp3) is 0.769. The first-order valence-corrected chi connectivity index (χ1v) is 6.94. The first kappa shape index (κ1) is 12.0. The Morgan fingerprint density at radius 3 is 2.94 bits per heavy atom. The van der Waals surface area contributed by atoms with Crippen LogP contribution in [-0.2, 0) is 11.3 Å². The summed E-state index contributed by atoms with van der Waals surface area (Å²) < 4.78 is 9.19. The number of rotatable bonds is 6. The molecule has 0 spiro atoms. The Kier molecular flexibility index (Phi) is 3.52. The van der Waals surface area contributed by atoms with E-state index in [9.17, 15) is 4.79 Å². The Bertz CT molecular complexity index is 441. The van der Waals surface area contributed by atoms with E-state index in [0.29, 0.717) is 12.1 Å². The third-order valence-electron chi connectivity index (χ3n) is 3.74. The Labute approximate surface area is 107 Å². The van der Waals surface area contributed by atoms with Gasteiger partial charge in [0.25, 0.3) is 0 Å². The van der Waals surface area contributed by atoms with E-state index in [1.165, 1.54) is 6.42 Å². The molecule has 5 nitrogen and oxygen atoms in total. The van der Waals surface area contributed by atoms with Crippen molar-refractivity contribution in [1.29, 1.82) is 0 Å². The molecule has 2 aliphatic rings. The third kappa shape index (κ3) is 2.67. The summed E-state index contributed by atoms with van der Waals surface area (Å²) in [6.07, 6.45) is 8.83. The van der Waals surface area contributed by atoms with Gasteiger partial charge < -0.3 is 10.1 Å². The molecule has 1 N–H and O–H groups in total.